The third-order valence-corrected chi connectivity index (χ3v) is 6.34. The van der Waals surface area contributed by atoms with Crippen LogP contribution >= 0.6 is 0 Å². The lowest BCUT2D eigenvalue weighted by atomic mass is 10.1. The predicted molar refractivity (Wildman–Crippen MR) is 126 cm³/mol. The van der Waals surface area contributed by atoms with E-state index in [1.165, 1.54) is 37.8 Å². The molecule has 4 heterocycles. The number of amides is 3. The summed E-state index contributed by atoms with van der Waals surface area (Å²) in [4.78, 5) is 41.4. The molecule has 0 spiro atoms. The molecule has 2 saturated heterocycles. The van der Waals surface area contributed by atoms with Gasteiger partial charge in [0.05, 0.1) is 31.2 Å². The lowest BCUT2D eigenvalue weighted by molar-refractivity contribution is -0.133. The van der Waals surface area contributed by atoms with Gasteiger partial charge in [0.15, 0.2) is 11.6 Å². The first kappa shape index (κ1) is 25.1. The summed E-state index contributed by atoms with van der Waals surface area (Å²) in [5, 5.41) is 13.5. The molecule has 2 atom stereocenters. The molecule has 0 radical (unpaired) electrons. The molecule has 2 aromatic heterocycles. The second-order valence-corrected chi connectivity index (χ2v) is 8.88. The van der Waals surface area contributed by atoms with Crippen molar-refractivity contribution in [2.24, 2.45) is 0 Å². The fourth-order valence-corrected chi connectivity index (χ4v) is 4.46. The summed E-state index contributed by atoms with van der Waals surface area (Å²) in [6.07, 6.45) is 3.17. The molecule has 15 heteroatoms. The number of rotatable bonds is 7. The molecule has 38 heavy (non-hydrogen) atoms. The van der Waals surface area contributed by atoms with Crippen molar-refractivity contribution in [3.63, 3.8) is 0 Å². The number of anilines is 2. The summed E-state index contributed by atoms with van der Waals surface area (Å²) >= 11 is 0. The Morgan fingerprint density at radius 2 is 1.89 bits per heavy atom. The van der Waals surface area contributed by atoms with E-state index < -0.39 is 35.8 Å². The van der Waals surface area contributed by atoms with Crippen LogP contribution in [0.25, 0.3) is 0 Å². The van der Waals surface area contributed by atoms with Crippen LogP contribution in [-0.4, -0.2) is 87.8 Å². The normalized spacial score (nSPS) is 18.4. The zero-order valence-corrected chi connectivity index (χ0v) is 20.3. The number of piperazine rings is 1. The quantitative estimate of drug-likeness (QED) is 0.475. The zero-order chi connectivity index (χ0) is 26.8. The first-order chi connectivity index (χ1) is 18.3. The third-order valence-electron chi connectivity index (χ3n) is 6.34. The van der Waals surface area contributed by atoms with E-state index in [-0.39, 0.29) is 62.3 Å². The molecule has 2 aliphatic rings. The Balaban J connectivity index is 1.19. The van der Waals surface area contributed by atoms with E-state index in [9.17, 15) is 14.4 Å². The monoisotopic (exact) mass is 530 g/mol. The number of carbonyl (C=O) groups is 3. The number of halogens is 2. The Labute approximate surface area is 214 Å². The Morgan fingerprint density at radius 1 is 1.16 bits per heavy atom. The predicted octanol–water partition coefficient (Wildman–Crippen LogP) is 1.04. The number of hydrogen-bond donors (Lipinski definition) is 1. The highest BCUT2D eigenvalue weighted by molar-refractivity contribution is 5.95. The smallest absolute Gasteiger partial charge is 0.414 e. The molecule has 3 aromatic rings. The molecule has 1 N–H and O–H groups in total. The second kappa shape index (κ2) is 10.4. The van der Waals surface area contributed by atoms with Crippen molar-refractivity contribution in [2.45, 2.75) is 25.6 Å². The minimum atomic E-state index is -0.833. The van der Waals surface area contributed by atoms with Gasteiger partial charge in [-0.3, -0.25) is 14.5 Å². The average molecular weight is 530 g/mol. The molecule has 2 unspecified atom stereocenters. The second-order valence-electron chi connectivity index (χ2n) is 8.88. The van der Waals surface area contributed by atoms with Crippen molar-refractivity contribution >= 4 is 29.3 Å². The van der Waals surface area contributed by atoms with Gasteiger partial charge in [-0.25, -0.2) is 18.3 Å². The van der Waals surface area contributed by atoms with Crippen LogP contribution in [0.4, 0.5) is 25.0 Å². The summed E-state index contributed by atoms with van der Waals surface area (Å²) < 4.78 is 41.8. The van der Waals surface area contributed by atoms with Gasteiger partial charge in [-0.15, -0.1) is 5.10 Å². The van der Waals surface area contributed by atoms with E-state index in [4.69, 9.17) is 9.26 Å². The van der Waals surface area contributed by atoms with Crippen molar-refractivity contribution < 1.29 is 32.4 Å². The standard InChI is InChI=1S/C23H24F2N8O5/c1-14(28-21(34)19-2-3-27-38-19)22(35)31-8-6-30(7-9-31)20-17(24)10-15(11-18(20)25)33-13-16(37-23(33)36)12-32-5-4-26-29-32/h2-5,10-11,14,16H,6-9,12-13H2,1H3,(H,28,34). The first-order valence-electron chi connectivity index (χ1n) is 11.9. The molecule has 2 fully saturated rings. The third kappa shape index (κ3) is 5.12. The highest BCUT2D eigenvalue weighted by Gasteiger charge is 2.35. The van der Waals surface area contributed by atoms with Gasteiger partial charge in [-0.2, -0.15) is 0 Å². The van der Waals surface area contributed by atoms with Gasteiger partial charge in [0, 0.05) is 50.6 Å². The number of cyclic esters (lactones) is 1. The highest BCUT2D eigenvalue weighted by atomic mass is 19.1. The van der Waals surface area contributed by atoms with Gasteiger partial charge < -0.3 is 24.4 Å². The minimum absolute atomic E-state index is 0.0169. The van der Waals surface area contributed by atoms with E-state index in [1.54, 1.807) is 13.1 Å². The summed E-state index contributed by atoms with van der Waals surface area (Å²) in [5.74, 6) is -2.59. The Hall–Kier alpha value is -4.56. The lowest BCUT2D eigenvalue weighted by Crippen LogP contribution is -2.54. The maximum absolute atomic E-state index is 15.1. The van der Waals surface area contributed by atoms with Crippen LogP contribution < -0.4 is 15.1 Å². The molecular weight excluding hydrogens is 506 g/mol. The maximum atomic E-state index is 15.1. The fourth-order valence-electron chi connectivity index (χ4n) is 4.46. The molecule has 0 bridgehead atoms. The van der Waals surface area contributed by atoms with E-state index in [2.05, 4.69) is 20.8 Å². The first-order valence-corrected chi connectivity index (χ1v) is 11.9. The van der Waals surface area contributed by atoms with E-state index in [1.807, 2.05) is 0 Å². The van der Waals surface area contributed by atoms with E-state index >= 15 is 8.78 Å². The fraction of sp³-hybridized carbons (Fsp3) is 0.391. The van der Waals surface area contributed by atoms with Gasteiger partial charge in [-0.05, 0) is 6.92 Å². The molecule has 13 nitrogen and oxygen atoms in total. The number of carbonyl (C=O) groups excluding carboxylic acids is 3. The summed E-state index contributed by atoms with van der Waals surface area (Å²) in [5.41, 5.74) is -0.195. The SMILES string of the molecule is CC(NC(=O)c1ccno1)C(=O)N1CCN(c2c(F)cc(N3CC(Cn4ccnn4)OC3=O)cc2F)CC1. The summed E-state index contributed by atoms with van der Waals surface area (Å²) in [6, 6.07) is 2.73. The Morgan fingerprint density at radius 3 is 2.53 bits per heavy atom. The highest BCUT2D eigenvalue weighted by Crippen LogP contribution is 2.31. The average Bonchev–Trinajstić information content (AvgIpc) is 3.67. The molecule has 200 valence electrons. The van der Waals surface area contributed by atoms with Gasteiger partial charge >= 0.3 is 6.09 Å². The minimum Gasteiger partial charge on any atom is -0.442 e. The molecule has 0 saturated carbocycles. The van der Waals surface area contributed by atoms with Crippen molar-refractivity contribution in [2.75, 3.05) is 42.5 Å². The lowest BCUT2D eigenvalue weighted by Gasteiger charge is -2.37. The number of hydrogen-bond acceptors (Lipinski definition) is 9. The van der Waals surface area contributed by atoms with Crippen LogP contribution in [0.15, 0.2) is 41.3 Å². The Kier molecular flexibility index (Phi) is 6.89. The van der Waals surface area contributed by atoms with Crippen LogP contribution in [0.2, 0.25) is 0 Å². The molecule has 0 aliphatic carbocycles. The molecule has 3 amide bonds. The largest absolute Gasteiger partial charge is 0.442 e. The van der Waals surface area contributed by atoms with Crippen LogP contribution in [-0.2, 0) is 16.1 Å². The summed E-state index contributed by atoms with van der Waals surface area (Å²) in [6.45, 7) is 2.65. The van der Waals surface area contributed by atoms with Crippen LogP contribution in [0, 0.1) is 11.6 Å². The van der Waals surface area contributed by atoms with Crippen LogP contribution in [0.5, 0.6) is 0 Å². The van der Waals surface area contributed by atoms with Crippen LogP contribution in [0.1, 0.15) is 17.5 Å². The van der Waals surface area contributed by atoms with E-state index in [0.717, 1.165) is 12.1 Å². The van der Waals surface area contributed by atoms with Crippen molar-refractivity contribution in [1.29, 1.82) is 0 Å². The number of nitrogens with one attached hydrogen (secondary N) is 1. The topological polar surface area (TPSA) is 139 Å². The van der Waals surface area contributed by atoms with Crippen molar-refractivity contribution in [1.82, 2.24) is 30.4 Å². The number of nitrogens with zero attached hydrogens (tertiary/aromatic N) is 7. The zero-order valence-electron chi connectivity index (χ0n) is 20.3. The van der Waals surface area contributed by atoms with E-state index in [0.29, 0.717) is 0 Å². The molecule has 2 aliphatic heterocycles. The van der Waals surface area contributed by atoms with Gasteiger partial charge in [0.2, 0.25) is 11.7 Å². The van der Waals surface area contributed by atoms with Crippen molar-refractivity contribution in [3.05, 3.63) is 54.2 Å². The molecular formula is C23H24F2N8O5. The number of aromatic nitrogens is 4. The molecule has 1 aromatic carbocycles. The van der Waals surface area contributed by atoms with Gasteiger partial charge in [0.25, 0.3) is 5.91 Å². The number of ether oxygens (including phenoxy) is 1. The maximum Gasteiger partial charge on any atom is 0.414 e. The molecule has 5 rings (SSSR count). The van der Waals surface area contributed by atoms with Crippen molar-refractivity contribution in [3.8, 4) is 0 Å². The summed E-state index contributed by atoms with van der Waals surface area (Å²) in [7, 11) is 0. The van der Waals surface area contributed by atoms with Crippen LogP contribution in [0.3, 0.4) is 0 Å². The van der Waals surface area contributed by atoms with Gasteiger partial charge in [-0.1, -0.05) is 10.4 Å². The Bertz CT molecular complexity index is 1290. The van der Waals surface area contributed by atoms with Gasteiger partial charge in [0.1, 0.15) is 17.8 Å². The number of benzene rings is 1.